The number of hydrogen-bond donors (Lipinski definition) is 2. The van der Waals surface area contributed by atoms with Crippen LogP contribution in [0.2, 0.25) is 0 Å². The average Bonchev–Trinajstić information content (AvgIpc) is 2.75. The zero-order valence-electron chi connectivity index (χ0n) is 17.5. The molecule has 2 amide bonds. The van der Waals surface area contributed by atoms with Crippen LogP contribution in [0.3, 0.4) is 0 Å². The summed E-state index contributed by atoms with van der Waals surface area (Å²) in [6, 6.07) is 16.9. The molecule has 162 valence electrons. The Morgan fingerprint density at radius 3 is 2.27 bits per heavy atom. The van der Waals surface area contributed by atoms with E-state index < -0.39 is 10.0 Å². The van der Waals surface area contributed by atoms with Gasteiger partial charge in [0.1, 0.15) is 0 Å². The molecule has 0 aliphatic carbocycles. The predicted molar refractivity (Wildman–Crippen MR) is 119 cm³/mol. The van der Waals surface area contributed by atoms with Crippen LogP contribution in [0.25, 0.3) is 0 Å². The zero-order chi connectivity index (χ0) is 21.4. The minimum atomic E-state index is -3.42. The summed E-state index contributed by atoms with van der Waals surface area (Å²) >= 11 is 0. The van der Waals surface area contributed by atoms with Crippen LogP contribution in [0.1, 0.15) is 30.4 Å². The number of aryl methyl sites for hydroxylation is 1. The number of carbonyl (C=O) groups excluding carboxylic acids is 1. The second-order valence-electron chi connectivity index (χ2n) is 7.87. The third-order valence-corrected chi connectivity index (χ3v) is 7.53. The van der Waals surface area contributed by atoms with Crippen molar-refractivity contribution in [3.05, 3.63) is 65.7 Å². The van der Waals surface area contributed by atoms with Crippen molar-refractivity contribution in [2.75, 3.05) is 26.2 Å². The van der Waals surface area contributed by atoms with Gasteiger partial charge in [-0.05, 0) is 56.2 Å². The quantitative estimate of drug-likeness (QED) is 0.676. The lowest BCUT2D eigenvalue weighted by Crippen LogP contribution is -2.40. The Bertz CT molecular complexity index is 906. The number of nitrogens with zero attached hydrogens (tertiary/aromatic N) is 1. The SMILES string of the molecule is Cc1ccc(S(=O)(=O)N2CCC(CCNC(=O)NCCc3ccccc3)CC2)cc1. The first-order chi connectivity index (χ1) is 14.4. The van der Waals surface area contributed by atoms with Crippen molar-refractivity contribution in [2.24, 2.45) is 5.92 Å². The van der Waals surface area contributed by atoms with E-state index in [0.717, 1.165) is 31.2 Å². The van der Waals surface area contributed by atoms with Gasteiger partial charge in [0, 0.05) is 26.2 Å². The molecule has 0 unspecified atom stereocenters. The van der Waals surface area contributed by atoms with Crippen LogP contribution in [-0.2, 0) is 16.4 Å². The number of nitrogens with one attached hydrogen (secondary N) is 2. The van der Waals surface area contributed by atoms with E-state index in [1.165, 1.54) is 5.56 Å². The van der Waals surface area contributed by atoms with Crippen molar-refractivity contribution in [3.8, 4) is 0 Å². The highest BCUT2D eigenvalue weighted by atomic mass is 32.2. The normalized spacial score (nSPS) is 15.6. The maximum Gasteiger partial charge on any atom is 0.314 e. The summed E-state index contributed by atoms with van der Waals surface area (Å²) in [7, 11) is -3.42. The molecule has 1 aliphatic heterocycles. The van der Waals surface area contributed by atoms with Crippen molar-refractivity contribution in [3.63, 3.8) is 0 Å². The fourth-order valence-electron chi connectivity index (χ4n) is 3.71. The van der Waals surface area contributed by atoms with E-state index in [2.05, 4.69) is 10.6 Å². The van der Waals surface area contributed by atoms with Crippen molar-refractivity contribution in [1.82, 2.24) is 14.9 Å². The maximum atomic E-state index is 12.8. The molecule has 7 heteroatoms. The Kier molecular flexibility index (Phi) is 7.87. The zero-order valence-corrected chi connectivity index (χ0v) is 18.3. The first-order valence-corrected chi connectivity index (χ1v) is 12.0. The van der Waals surface area contributed by atoms with Gasteiger partial charge in [-0.1, -0.05) is 48.0 Å². The molecular formula is C23H31N3O3S. The first kappa shape index (κ1) is 22.3. The Morgan fingerprint density at radius 2 is 1.60 bits per heavy atom. The average molecular weight is 430 g/mol. The van der Waals surface area contributed by atoms with Gasteiger partial charge in [-0.25, -0.2) is 13.2 Å². The lowest BCUT2D eigenvalue weighted by atomic mass is 9.95. The summed E-state index contributed by atoms with van der Waals surface area (Å²) in [5.41, 5.74) is 2.24. The molecule has 0 atom stereocenters. The number of carbonyl (C=O) groups is 1. The lowest BCUT2D eigenvalue weighted by Gasteiger charge is -2.31. The molecule has 3 rings (SSSR count). The van der Waals surface area contributed by atoms with Gasteiger partial charge in [0.15, 0.2) is 0 Å². The van der Waals surface area contributed by atoms with Gasteiger partial charge < -0.3 is 10.6 Å². The van der Waals surface area contributed by atoms with Crippen molar-refractivity contribution < 1.29 is 13.2 Å². The molecule has 1 heterocycles. The van der Waals surface area contributed by atoms with Gasteiger partial charge in [0.25, 0.3) is 0 Å². The van der Waals surface area contributed by atoms with Crippen LogP contribution in [0.5, 0.6) is 0 Å². The third kappa shape index (κ3) is 6.31. The molecule has 30 heavy (non-hydrogen) atoms. The first-order valence-electron chi connectivity index (χ1n) is 10.6. The smallest absolute Gasteiger partial charge is 0.314 e. The molecule has 2 N–H and O–H groups in total. The predicted octanol–water partition coefficient (Wildman–Crippen LogP) is 3.33. The topological polar surface area (TPSA) is 78.5 Å². The van der Waals surface area contributed by atoms with Gasteiger partial charge in [0.05, 0.1) is 4.90 Å². The molecule has 6 nitrogen and oxygen atoms in total. The molecule has 0 saturated carbocycles. The van der Waals surface area contributed by atoms with Gasteiger partial charge in [0.2, 0.25) is 10.0 Å². The van der Waals surface area contributed by atoms with Crippen molar-refractivity contribution >= 4 is 16.1 Å². The molecule has 0 bridgehead atoms. The van der Waals surface area contributed by atoms with E-state index >= 15 is 0 Å². The van der Waals surface area contributed by atoms with Gasteiger partial charge in [-0.3, -0.25) is 0 Å². The summed E-state index contributed by atoms with van der Waals surface area (Å²) in [5, 5.41) is 5.79. The standard InChI is InChI=1S/C23H31N3O3S/c1-19-7-9-22(10-8-19)30(28,29)26-17-13-21(14-18-26)12-16-25-23(27)24-15-11-20-5-3-2-4-6-20/h2-10,21H,11-18H2,1H3,(H2,24,25,27). The summed E-state index contributed by atoms with van der Waals surface area (Å²) in [5.74, 6) is 0.430. The summed E-state index contributed by atoms with van der Waals surface area (Å²) in [6.07, 6.45) is 3.32. The summed E-state index contributed by atoms with van der Waals surface area (Å²) in [6.45, 7) is 4.21. The van der Waals surface area contributed by atoms with E-state index in [4.69, 9.17) is 0 Å². The molecular weight excluding hydrogens is 398 g/mol. The second-order valence-corrected chi connectivity index (χ2v) is 9.81. The largest absolute Gasteiger partial charge is 0.338 e. The molecule has 2 aromatic carbocycles. The Hall–Kier alpha value is -2.38. The number of hydrogen-bond acceptors (Lipinski definition) is 3. The highest BCUT2D eigenvalue weighted by Gasteiger charge is 2.29. The molecule has 0 spiro atoms. The summed E-state index contributed by atoms with van der Waals surface area (Å²) in [4.78, 5) is 12.3. The van der Waals surface area contributed by atoms with Crippen molar-refractivity contribution in [1.29, 1.82) is 0 Å². The third-order valence-electron chi connectivity index (χ3n) is 5.61. The van der Waals surface area contributed by atoms with E-state index in [1.807, 2.05) is 49.4 Å². The van der Waals surface area contributed by atoms with Crippen LogP contribution in [0.15, 0.2) is 59.5 Å². The van der Waals surface area contributed by atoms with E-state index in [9.17, 15) is 13.2 Å². The molecule has 1 saturated heterocycles. The van der Waals surface area contributed by atoms with Crippen molar-refractivity contribution in [2.45, 2.75) is 37.5 Å². The fraction of sp³-hybridized carbons (Fsp3) is 0.435. The molecule has 0 radical (unpaired) electrons. The van der Waals surface area contributed by atoms with Crippen LogP contribution in [0.4, 0.5) is 4.79 Å². The molecule has 1 aliphatic rings. The second kappa shape index (κ2) is 10.6. The Morgan fingerprint density at radius 1 is 0.967 bits per heavy atom. The van der Waals surface area contributed by atoms with Crippen LogP contribution < -0.4 is 10.6 Å². The number of benzene rings is 2. The number of urea groups is 1. The molecule has 0 aromatic heterocycles. The summed E-state index contributed by atoms with van der Waals surface area (Å²) < 4.78 is 27.1. The fourth-order valence-corrected chi connectivity index (χ4v) is 5.18. The van der Waals surface area contributed by atoms with E-state index in [0.29, 0.717) is 37.0 Å². The van der Waals surface area contributed by atoms with Crippen LogP contribution >= 0.6 is 0 Å². The maximum absolute atomic E-state index is 12.8. The molecule has 2 aromatic rings. The number of amides is 2. The van der Waals surface area contributed by atoms with Crippen LogP contribution in [-0.4, -0.2) is 44.9 Å². The van der Waals surface area contributed by atoms with Gasteiger partial charge in [-0.15, -0.1) is 0 Å². The van der Waals surface area contributed by atoms with Gasteiger partial charge >= 0.3 is 6.03 Å². The highest BCUT2D eigenvalue weighted by molar-refractivity contribution is 7.89. The van der Waals surface area contributed by atoms with E-state index in [1.54, 1.807) is 16.4 Å². The number of sulfonamides is 1. The lowest BCUT2D eigenvalue weighted by molar-refractivity contribution is 0.236. The van der Waals surface area contributed by atoms with E-state index in [-0.39, 0.29) is 6.03 Å². The minimum absolute atomic E-state index is 0.148. The number of rotatable bonds is 8. The molecule has 1 fully saturated rings. The number of piperidine rings is 1. The minimum Gasteiger partial charge on any atom is -0.338 e. The van der Waals surface area contributed by atoms with Gasteiger partial charge in [-0.2, -0.15) is 4.31 Å². The van der Waals surface area contributed by atoms with Crippen LogP contribution in [0, 0.1) is 12.8 Å². The highest BCUT2D eigenvalue weighted by Crippen LogP contribution is 2.25. The Balaban J connectivity index is 1.34. The Labute approximate surface area is 179 Å². The monoisotopic (exact) mass is 429 g/mol.